The van der Waals surface area contributed by atoms with Crippen LogP contribution in [0.5, 0.6) is 0 Å². The number of oxime groups is 1. The van der Waals surface area contributed by atoms with E-state index < -0.39 is 0 Å². The summed E-state index contributed by atoms with van der Waals surface area (Å²) < 4.78 is 0. The quantitative estimate of drug-likeness (QED) is 0.277. The third-order valence-electron chi connectivity index (χ3n) is 5.71. The second-order valence-corrected chi connectivity index (χ2v) is 8.10. The van der Waals surface area contributed by atoms with Crippen molar-refractivity contribution in [3.63, 3.8) is 0 Å². The molecule has 1 saturated heterocycles. The van der Waals surface area contributed by atoms with Crippen LogP contribution in [0.4, 0.5) is 0 Å². The Bertz CT molecular complexity index is 971. The average molecular weight is 425 g/mol. The van der Waals surface area contributed by atoms with Gasteiger partial charge < -0.3 is 15.6 Å². The number of aryl methyl sites for hydroxylation is 1. The molecule has 2 heterocycles. The van der Waals surface area contributed by atoms with Gasteiger partial charge in [-0.3, -0.25) is 14.5 Å². The molecule has 0 bridgehead atoms. The number of hydrogen-bond acceptors (Lipinski definition) is 5. The lowest BCUT2D eigenvalue weighted by molar-refractivity contribution is 0.0770. The van der Waals surface area contributed by atoms with Gasteiger partial charge in [-0.15, -0.1) is 0 Å². The van der Waals surface area contributed by atoms with E-state index in [1.807, 2.05) is 25.1 Å². The number of amidine groups is 1. The van der Waals surface area contributed by atoms with Gasteiger partial charge in [0.05, 0.1) is 5.69 Å². The smallest absolute Gasteiger partial charge is 0.219 e. The van der Waals surface area contributed by atoms with Crippen molar-refractivity contribution in [1.29, 1.82) is 0 Å². The number of Topliss-reactive ketones (excluding diaryl/α,β-unsaturated/α-hetero) is 2. The van der Waals surface area contributed by atoms with E-state index in [4.69, 9.17) is 10.6 Å². The highest BCUT2D eigenvalue weighted by molar-refractivity contribution is 6.04. The number of carbonyl (C=O) groups excluding carboxylic acids is 2. The Hall–Kier alpha value is -2.93. The largest absolute Gasteiger partial charge is 0.386 e. The highest BCUT2D eigenvalue weighted by Gasteiger charge is 2.22. The fourth-order valence-electron chi connectivity index (χ4n) is 4.23. The number of ketones is 2. The lowest BCUT2D eigenvalue weighted by Gasteiger charge is -2.26. The number of rotatable bonds is 9. The molecule has 3 rings (SSSR count). The van der Waals surface area contributed by atoms with Crippen LogP contribution in [0.15, 0.2) is 29.4 Å². The first-order chi connectivity index (χ1) is 14.9. The van der Waals surface area contributed by atoms with Crippen LogP contribution in [0.2, 0.25) is 0 Å². The summed E-state index contributed by atoms with van der Waals surface area (Å²) in [4.78, 5) is 35.3. The molecular weight excluding hydrogens is 392 g/mol. The maximum absolute atomic E-state index is 12.6. The summed E-state index contributed by atoms with van der Waals surface area (Å²) in [7, 11) is 0. The molecule has 1 aliphatic heterocycles. The number of H-pyrrole nitrogens is 1. The van der Waals surface area contributed by atoms with Crippen LogP contribution in [0.25, 0.3) is 0 Å². The van der Waals surface area contributed by atoms with Crippen molar-refractivity contribution in [1.82, 2.24) is 9.88 Å². The lowest BCUT2D eigenvalue weighted by atomic mass is 10.0. The normalized spacial score (nSPS) is 15.1. The molecule has 0 amide bonds. The number of piperidine rings is 1. The molecule has 1 fully saturated rings. The fourth-order valence-corrected chi connectivity index (χ4v) is 4.23. The molecule has 31 heavy (non-hydrogen) atoms. The Labute approximate surface area is 183 Å². The molecule has 7 heteroatoms. The van der Waals surface area contributed by atoms with Crippen LogP contribution in [0.1, 0.15) is 76.3 Å². The predicted molar refractivity (Wildman–Crippen MR) is 121 cm³/mol. The lowest BCUT2D eigenvalue weighted by Crippen LogP contribution is -2.29. The number of likely N-dealkylation sites (tertiary alicyclic amines) is 1. The zero-order chi connectivity index (χ0) is 22.4. The van der Waals surface area contributed by atoms with E-state index in [0.717, 1.165) is 30.8 Å². The predicted octanol–water partition coefficient (Wildman–Crippen LogP) is 3.59. The maximum atomic E-state index is 12.6. The molecule has 166 valence electrons. The minimum absolute atomic E-state index is 0.0581. The van der Waals surface area contributed by atoms with Gasteiger partial charge in [-0.25, -0.2) is 0 Å². The van der Waals surface area contributed by atoms with Gasteiger partial charge in [0.1, 0.15) is 0 Å². The number of hydrogen-bond donors (Lipinski definition) is 2. The van der Waals surface area contributed by atoms with Gasteiger partial charge in [-0.2, -0.15) is 0 Å². The molecule has 1 aliphatic rings. The molecule has 0 atom stereocenters. The summed E-state index contributed by atoms with van der Waals surface area (Å²) in [6, 6.07) is 7.94. The highest BCUT2D eigenvalue weighted by Crippen LogP contribution is 2.21. The van der Waals surface area contributed by atoms with Crippen molar-refractivity contribution >= 4 is 17.4 Å². The van der Waals surface area contributed by atoms with E-state index in [0.29, 0.717) is 23.4 Å². The first-order valence-corrected chi connectivity index (χ1v) is 10.9. The molecule has 2 aromatic rings. The molecular formula is C24H32N4O3. The van der Waals surface area contributed by atoms with Crippen LogP contribution in [0.3, 0.4) is 0 Å². The molecule has 0 aliphatic carbocycles. The third-order valence-corrected chi connectivity index (χ3v) is 5.71. The van der Waals surface area contributed by atoms with Gasteiger partial charge in [0, 0.05) is 23.4 Å². The van der Waals surface area contributed by atoms with Gasteiger partial charge in [-0.05, 0) is 63.4 Å². The van der Waals surface area contributed by atoms with Crippen LogP contribution >= 0.6 is 0 Å². The first-order valence-electron chi connectivity index (χ1n) is 10.9. The summed E-state index contributed by atoms with van der Waals surface area (Å²) in [6.07, 6.45) is 4.39. The summed E-state index contributed by atoms with van der Waals surface area (Å²) in [5.41, 5.74) is 10.4. The molecule has 1 aromatic carbocycles. The van der Waals surface area contributed by atoms with Crippen molar-refractivity contribution < 1.29 is 14.4 Å². The number of nitrogens with one attached hydrogen (secondary N) is 1. The van der Waals surface area contributed by atoms with Crippen LogP contribution in [0, 0.1) is 6.92 Å². The molecule has 0 unspecified atom stereocenters. The Morgan fingerprint density at radius 3 is 2.65 bits per heavy atom. The van der Waals surface area contributed by atoms with E-state index in [1.165, 1.54) is 31.7 Å². The topological polar surface area (TPSA) is 101 Å². The van der Waals surface area contributed by atoms with Gasteiger partial charge in [0.15, 0.2) is 18.2 Å². The van der Waals surface area contributed by atoms with Crippen molar-refractivity contribution in [2.24, 2.45) is 10.9 Å². The van der Waals surface area contributed by atoms with Crippen molar-refractivity contribution in [3.05, 3.63) is 57.9 Å². The molecule has 7 nitrogen and oxygen atoms in total. The van der Waals surface area contributed by atoms with E-state index in [1.54, 1.807) is 6.92 Å². The number of nitrogens with zero attached hydrogens (tertiary/aromatic N) is 2. The Balaban J connectivity index is 1.63. The van der Waals surface area contributed by atoms with Gasteiger partial charge >= 0.3 is 0 Å². The number of aromatic nitrogens is 1. The first kappa shape index (κ1) is 22.7. The summed E-state index contributed by atoms with van der Waals surface area (Å²) in [5, 5.41) is 3.95. The fraction of sp³-hybridized carbons (Fsp3) is 0.458. The minimum atomic E-state index is -0.261. The van der Waals surface area contributed by atoms with Gasteiger partial charge in [0.25, 0.3) is 0 Å². The Kier molecular flexibility index (Phi) is 7.63. The third kappa shape index (κ3) is 5.61. The SMILES string of the molecule is CCc1c(C(=O)CO/N=C(/N)c2cccc(CN3CCCCC3)c2)[nH]c(C)c1C(C)=O. The van der Waals surface area contributed by atoms with Gasteiger partial charge in [0.2, 0.25) is 5.78 Å². The van der Waals surface area contributed by atoms with Crippen LogP contribution < -0.4 is 5.73 Å². The van der Waals surface area contributed by atoms with Crippen LogP contribution in [-0.2, 0) is 17.8 Å². The Morgan fingerprint density at radius 1 is 1.23 bits per heavy atom. The standard InChI is InChI=1S/C24H32N4O3/c1-4-20-22(17(3)29)16(2)26-23(20)21(30)15-31-27-24(25)19-10-8-9-18(13-19)14-28-11-6-5-7-12-28/h8-10,13,26H,4-7,11-12,14-15H2,1-3H3,(H2,25,27). The van der Waals surface area contributed by atoms with Crippen LogP contribution in [-0.4, -0.2) is 47.0 Å². The number of nitrogens with two attached hydrogens (primary N) is 1. The van der Waals surface area contributed by atoms with E-state index >= 15 is 0 Å². The summed E-state index contributed by atoms with van der Waals surface area (Å²) in [5.74, 6) is -0.0868. The highest BCUT2D eigenvalue weighted by atomic mass is 16.6. The summed E-state index contributed by atoms with van der Waals surface area (Å²) in [6.45, 7) is 8.11. The summed E-state index contributed by atoms with van der Waals surface area (Å²) >= 11 is 0. The monoisotopic (exact) mass is 424 g/mol. The van der Waals surface area contributed by atoms with Crippen molar-refractivity contribution in [3.8, 4) is 0 Å². The van der Waals surface area contributed by atoms with Crippen molar-refractivity contribution in [2.45, 2.75) is 53.0 Å². The number of benzene rings is 1. The minimum Gasteiger partial charge on any atom is -0.386 e. The number of aromatic amines is 1. The molecule has 0 spiro atoms. The van der Waals surface area contributed by atoms with E-state index in [9.17, 15) is 9.59 Å². The van der Waals surface area contributed by atoms with Crippen molar-refractivity contribution in [2.75, 3.05) is 19.7 Å². The number of carbonyl (C=O) groups is 2. The maximum Gasteiger partial charge on any atom is 0.219 e. The van der Waals surface area contributed by atoms with E-state index in [2.05, 4.69) is 21.1 Å². The molecule has 3 N–H and O–H groups in total. The zero-order valence-electron chi connectivity index (χ0n) is 18.7. The molecule has 1 aromatic heterocycles. The second kappa shape index (κ2) is 10.4. The zero-order valence-corrected chi connectivity index (χ0v) is 18.7. The average Bonchev–Trinajstić information content (AvgIpc) is 3.11. The van der Waals surface area contributed by atoms with E-state index in [-0.39, 0.29) is 24.0 Å². The second-order valence-electron chi connectivity index (χ2n) is 8.10. The van der Waals surface area contributed by atoms with Gasteiger partial charge in [-0.1, -0.05) is 36.7 Å². The Morgan fingerprint density at radius 2 is 1.97 bits per heavy atom. The molecule has 0 radical (unpaired) electrons. The molecule has 0 saturated carbocycles.